The molecule has 0 aliphatic carbocycles. The number of piperidine rings is 1. The van der Waals surface area contributed by atoms with E-state index in [0.717, 1.165) is 27.2 Å². The van der Waals surface area contributed by atoms with Crippen molar-refractivity contribution in [2.75, 3.05) is 28.6 Å². The van der Waals surface area contributed by atoms with Crippen LogP contribution in [0, 0.1) is 0 Å². The first-order valence-electron chi connectivity index (χ1n) is 10.7. The summed E-state index contributed by atoms with van der Waals surface area (Å²) in [5.41, 5.74) is 5.39. The summed E-state index contributed by atoms with van der Waals surface area (Å²) in [4.78, 5) is 10.9. The molecule has 0 bridgehead atoms. The fourth-order valence-corrected chi connectivity index (χ4v) is 4.43. The molecule has 4 heterocycles. The van der Waals surface area contributed by atoms with Crippen LogP contribution in [-0.2, 0) is 0 Å². The van der Waals surface area contributed by atoms with Crippen molar-refractivity contribution in [3.63, 3.8) is 0 Å². The molecule has 0 atom stereocenters. The van der Waals surface area contributed by atoms with Gasteiger partial charge in [-0.05, 0) is 44.9 Å². The van der Waals surface area contributed by atoms with Crippen LogP contribution >= 0.6 is 11.3 Å². The van der Waals surface area contributed by atoms with Gasteiger partial charge < -0.3 is 25.1 Å². The number of aliphatic hydroxyl groups is 1. The van der Waals surface area contributed by atoms with Crippen LogP contribution in [0.25, 0.3) is 21.7 Å². The zero-order valence-corrected chi connectivity index (χ0v) is 18.8. The zero-order chi connectivity index (χ0) is 22.1. The summed E-state index contributed by atoms with van der Waals surface area (Å²) in [6.45, 7) is 5.55. The Hall–Kier alpha value is -3.24. The summed E-state index contributed by atoms with van der Waals surface area (Å²) in [5, 5.41) is 25.0. The van der Waals surface area contributed by atoms with Gasteiger partial charge in [-0.15, -0.1) is 16.4 Å². The van der Waals surface area contributed by atoms with Crippen molar-refractivity contribution in [2.24, 2.45) is 0 Å². The van der Waals surface area contributed by atoms with Gasteiger partial charge in [0.2, 0.25) is 0 Å². The van der Waals surface area contributed by atoms with Gasteiger partial charge in [-0.3, -0.25) is 0 Å². The Kier molecular flexibility index (Phi) is 5.62. The Morgan fingerprint density at radius 1 is 1.16 bits per heavy atom. The average molecular weight is 452 g/mol. The molecule has 0 radical (unpaired) electrons. The number of nitrogens with one attached hydrogen (secondary N) is 2. The lowest BCUT2D eigenvalue weighted by Gasteiger charge is -2.27. The molecular formula is C22H25N7O2S. The van der Waals surface area contributed by atoms with E-state index in [0.29, 0.717) is 43.7 Å². The van der Waals surface area contributed by atoms with Gasteiger partial charge >= 0.3 is 6.01 Å². The first-order chi connectivity index (χ1) is 15.5. The highest BCUT2D eigenvalue weighted by molar-refractivity contribution is 7.16. The zero-order valence-electron chi connectivity index (χ0n) is 17.9. The molecule has 9 nitrogen and oxygen atoms in total. The molecule has 1 aliphatic heterocycles. The number of rotatable bonds is 6. The number of anilines is 4. The third-order valence-corrected chi connectivity index (χ3v) is 6.12. The molecule has 3 aromatic heterocycles. The Labute approximate surface area is 189 Å². The molecule has 4 aromatic rings. The van der Waals surface area contributed by atoms with E-state index in [1.54, 1.807) is 17.5 Å². The minimum absolute atomic E-state index is 0.212. The second kappa shape index (κ2) is 8.71. The normalized spacial score (nSPS) is 14.9. The predicted molar refractivity (Wildman–Crippen MR) is 127 cm³/mol. The highest BCUT2D eigenvalue weighted by atomic mass is 32.1. The molecule has 0 spiro atoms. The summed E-state index contributed by atoms with van der Waals surface area (Å²) in [7, 11) is 0. The second-order valence-electron chi connectivity index (χ2n) is 8.18. The van der Waals surface area contributed by atoms with E-state index in [1.807, 2.05) is 28.6 Å². The van der Waals surface area contributed by atoms with Crippen LogP contribution in [0.3, 0.4) is 0 Å². The summed E-state index contributed by atoms with van der Waals surface area (Å²) in [6.07, 6.45) is 2.90. The maximum Gasteiger partial charge on any atom is 0.318 e. The highest BCUT2D eigenvalue weighted by Gasteiger charge is 2.23. The van der Waals surface area contributed by atoms with E-state index in [2.05, 4.69) is 50.7 Å². The van der Waals surface area contributed by atoms with Crippen LogP contribution in [-0.4, -0.2) is 50.5 Å². The summed E-state index contributed by atoms with van der Waals surface area (Å²) >= 11 is 1.61. The van der Waals surface area contributed by atoms with Crippen molar-refractivity contribution < 1.29 is 9.52 Å². The van der Waals surface area contributed by atoms with E-state index in [1.165, 1.54) is 0 Å². The molecule has 3 N–H and O–H groups in total. The first-order valence-corrected chi connectivity index (χ1v) is 11.6. The lowest BCUT2D eigenvalue weighted by Crippen LogP contribution is -2.35. The Balaban J connectivity index is 1.41. The van der Waals surface area contributed by atoms with Crippen molar-refractivity contribution in [2.45, 2.75) is 38.8 Å². The quantitative estimate of drug-likeness (QED) is 0.396. The van der Waals surface area contributed by atoms with Crippen molar-refractivity contribution >= 4 is 44.8 Å². The second-order valence-corrected chi connectivity index (χ2v) is 9.07. The largest absolute Gasteiger partial charge is 0.403 e. The van der Waals surface area contributed by atoms with E-state index < -0.39 is 0 Å². The topological polar surface area (TPSA) is 112 Å². The Bertz CT molecular complexity index is 1210. The van der Waals surface area contributed by atoms with Gasteiger partial charge in [-0.25, -0.2) is 9.97 Å². The maximum atomic E-state index is 9.73. The van der Waals surface area contributed by atoms with Crippen LogP contribution in [0.2, 0.25) is 0 Å². The van der Waals surface area contributed by atoms with E-state index >= 15 is 0 Å². The maximum absolute atomic E-state index is 9.73. The van der Waals surface area contributed by atoms with Crippen LogP contribution < -0.4 is 15.5 Å². The molecule has 0 unspecified atom stereocenters. The van der Waals surface area contributed by atoms with Gasteiger partial charge in [-0.1, -0.05) is 5.10 Å². The van der Waals surface area contributed by atoms with Crippen LogP contribution in [0.15, 0.2) is 40.4 Å². The van der Waals surface area contributed by atoms with Crippen molar-refractivity contribution in [1.82, 2.24) is 20.2 Å². The molecule has 1 fully saturated rings. The SMILES string of the molecule is CC(C)Nc1cc(Nc2ccc3ncsc3c2)ncc1-c1nnc(N2CCC(O)CC2)o1. The monoisotopic (exact) mass is 451 g/mol. The molecule has 0 amide bonds. The molecule has 0 saturated carbocycles. The van der Waals surface area contributed by atoms with Crippen LogP contribution in [0.1, 0.15) is 26.7 Å². The van der Waals surface area contributed by atoms with E-state index in [-0.39, 0.29) is 12.1 Å². The Morgan fingerprint density at radius 3 is 2.81 bits per heavy atom. The lowest BCUT2D eigenvalue weighted by molar-refractivity contribution is 0.144. The van der Waals surface area contributed by atoms with Gasteiger partial charge in [0.25, 0.3) is 5.89 Å². The standard InChI is InChI=1S/C22H25N7O2S/c1-13(2)25-18-10-20(26-14-3-4-17-19(9-14)32-12-24-17)23-11-16(18)21-27-28-22(31-21)29-7-5-15(30)6-8-29/h3-4,9-13,15,30H,5-8H2,1-2H3,(H2,23,25,26). The number of fused-ring (bicyclic) bond motifs is 1. The fourth-order valence-electron chi connectivity index (χ4n) is 3.71. The first kappa shape index (κ1) is 20.7. The minimum atomic E-state index is -0.253. The highest BCUT2D eigenvalue weighted by Crippen LogP contribution is 2.32. The number of benzene rings is 1. The number of pyridine rings is 1. The van der Waals surface area contributed by atoms with Crippen LogP contribution in [0.4, 0.5) is 23.2 Å². The predicted octanol–water partition coefficient (Wildman–Crippen LogP) is 4.27. The molecule has 5 rings (SSSR count). The molecule has 1 saturated heterocycles. The Morgan fingerprint density at radius 2 is 2.00 bits per heavy atom. The molecular weight excluding hydrogens is 426 g/mol. The molecule has 166 valence electrons. The van der Waals surface area contributed by atoms with Gasteiger partial charge in [0.15, 0.2) is 0 Å². The average Bonchev–Trinajstić information content (AvgIpc) is 3.43. The summed E-state index contributed by atoms with van der Waals surface area (Å²) in [5.74, 6) is 1.13. The van der Waals surface area contributed by atoms with Crippen molar-refractivity contribution in [3.8, 4) is 11.5 Å². The van der Waals surface area contributed by atoms with Crippen molar-refractivity contribution in [1.29, 1.82) is 0 Å². The fraction of sp³-hybridized carbons (Fsp3) is 0.364. The number of hydrogen-bond acceptors (Lipinski definition) is 10. The number of hydrogen-bond donors (Lipinski definition) is 3. The molecule has 1 aliphatic rings. The van der Waals surface area contributed by atoms with Gasteiger partial charge in [0.05, 0.1) is 33.1 Å². The lowest BCUT2D eigenvalue weighted by atomic mass is 10.1. The number of aliphatic hydroxyl groups excluding tert-OH is 1. The molecule has 1 aromatic carbocycles. The number of thiazole rings is 1. The smallest absolute Gasteiger partial charge is 0.318 e. The number of aromatic nitrogens is 4. The third kappa shape index (κ3) is 4.37. The minimum Gasteiger partial charge on any atom is -0.403 e. The van der Waals surface area contributed by atoms with E-state index in [4.69, 9.17) is 4.42 Å². The summed E-state index contributed by atoms with van der Waals surface area (Å²) in [6, 6.07) is 8.69. The third-order valence-electron chi connectivity index (χ3n) is 5.33. The number of nitrogens with zero attached hydrogens (tertiary/aromatic N) is 5. The van der Waals surface area contributed by atoms with Gasteiger partial charge in [-0.2, -0.15) is 0 Å². The molecule has 32 heavy (non-hydrogen) atoms. The summed E-state index contributed by atoms with van der Waals surface area (Å²) < 4.78 is 7.10. The van der Waals surface area contributed by atoms with E-state index in [9.17, 15) is 5.11 Å². The van der Waals surface area contributed by atoms with Gasteiger partial charge in [0, 0.05) is 37.1 Å². The van der Waals surface area contributed by atoms with Gasteiger partial charge in [0.1, 0.15) is 5.82 Å². The molecule has 10 heteroatoms. The van der Waals surface area contributed by atoms with Crippen LogP contribution in [0.5, 0.6) is 0 Å². The van der Waals surface area contributed by atoms with Crippen molar-refractivity contribution in [3.05, 3.63) is 36.0 Å².